The molecule has 0 radical (unpaired) electrons. The molecule has 8 nitrogen and oxygen atoms in total. The van der Waals surface area contributed by atoms with Crippen LogP contribution in [0.1, 0.15) is 51.1 Å². The van der Waals surface area contributed by atoms with E-state index in [0.29, 0.717) is 23.8 Å². The highest BCUT2D eigenvalue weighted by atomic mass is 32.1. The number of fused-ring (bicyclic) bond motifs is 2. The number of aryl methyl sites for hydroxylation is 1. The van der Waals surface area contributed by atoms with Crippen LogP contribution in [0.5, 0.6) is 0 Å². The molecule has 0 aliphatic carbocycles. The molecule has 0 saturated heterocycles. The molecule has 132 valence electrons. The molecule has 25 heavy (non-hydrogen) atoms. The molecule has 4 heterocycles. The summed E-state index contributed by atoms with van der Waals surface area (Å²) in [6.07, 6.45) is 3.56. The van der Waals surface area contributed by atoms with Crippen molar-refractivity contribution in [2.24, 2.45) is 0 Å². The molecule has 0 saturated carbocycles. The summed E-state index contributed by atoms with van der Waals surface area (Å²) >= 11 is 1.52. The Labute approximate surface area is 149 Å². The van der Waals surface area contributed by atoms with Gasteiger partial charge in [-0.3, -0.25) is 9.59 Å². The molecule has 0 spiro atoms. The van der Waals surface area contributed by atoms with Crippen LogP contribution in [0.15, 0.2) is 6.07 Å². The molecule has 2 amide bonds. The molecule has 9 heteroatoms. The monoisotopic (exact) mass is 360 g/mol. The topological polar surface area (TPSA) is 93.0 Å². The van der Waals surface area contributed by atoms with Crippen LogP contribution in [-0.2, 0) is 24.3 Å². The second-order valence-corrected chi connectivity index (χ2v) is 7.59. The van der Waals surface area contributed by atoms with Crippen molar-refractivity contribution in [3.63, 3.8) is 0 Å². The van der Waals surface area contributed by atoms with Crippen molar-refractivity contribution in [2.75, 3.05) is 13.6 Å². The number of carbonyl (C=O) groups excluding carboxylic acids is 2. The minimum atomic E-state index is -0.268. The lowest BCUT2D eigenvalue weighted by molar-refractivity contribution is -0.134. The van der Waals surface area contributed by atoms with E-state index < -0.39 is 0 Å². The van der Waals surface area contributed by atoms with Crippen molar-refractivity contribution in [3.8, 4) is 0 Å². The fourth-order valence-corrected chi connectivity index (χ4v) is 4.68. The first-order valence-electron chi connectivity index (χ1n) is 8.56. The molecular weight excluding hydrogens is 340 g/mol. The van der Waals surface area contributed by atoms with Gasteiger partial charge in [-0.15, -0.1) is 16.4 Å². The van der Waals surface area contributed by atoms with Gasteiger partial charge in [-0.1, -0.05) is 6.42 Å². The highest BCUT2D eigenvalue weighted by Gasteiger charge is 2.33. The van der Waals surface area contributed by atoms with E-state index in [1.807, 2.05) is 11.0 Å². The summed E-state index contributed by atoms with van der Waals surface area (Å²) < 4.78 is 1.76. The Morgan fingerprint density at radius 2 is 2.20 bits per heavy atom. The quantitative estimate of drug-likeness (QED) is 0.861. The van der Waals surface area contributed by atoms with Crippen molar-refractivity contribution in [1.29, 1.82) is 0 Å². The summed E-state index contributed by atoms with van der Waals surface area (Å²) in [6, 6.07) is 1.91. The number of amides is 2. The summed E-state index contributed by atoms with van der Waals surface area (Å²) in [4.78, 5) is 28.7. The van der Waals surface area contributed by atoms with Gasteiger partial charge in [-0.05, 0) is 41.3 Å². The average molecular weight is 360 g/mol. The van der Waals surface area contributed by atoms with Gasteiger partial charge in [-0.25, -0.2) is 4.68 Å². The molecule has 4 rings (SSSR count). The van der Waals surface area contributed by atoms with E-state index >= 15 is 0 Å². The number of aromatic nitrogens is 4. The zero-order chi connectivity index (χ0) is 17.4. The first-order chi connectivity index (χ1) is 12.2. The smallest absolute Gasteiger partial charge is 0.261 e. The number of carbonyl (C=O) groups is 2. The minimum Gasteiger partial charge on any atom is -0.354 e. The normalized spacial score (nSPS) is 19.7. The second-order valence-electron chi connectivity index (χ2n) is 6.46. The van der Waals surface area contributed by atoms with Crippen LogP contribution in [0.2, 0.25) is 0 Å². The number of hydrogen-bond acceptors (Lipinski definition) is 6. The third-order valence-corrected chi connectivity index (χ3v) is 6.15. The Balaban J connectivity index is 1.55. The van der Waals surface area contributed by atoms with Crippen molar-refractivity contribution in [1.82, 2.24) is 30.4 Å². The molecule has 1 N–H and O–H groups in total. The lowest BCUT2D eigenvalue weighted by Gasteiger charge is -2.29. The zero-order valence-electron chi connectivity index (χ0n) is 14.1. The van der Waals surface area contributed by atoms with Gasteiger partial charge < -0.3 is 10.2 Å². The number of rotatable bonds is 2. The predicted octanol–water partition coefficient (Wildman–Crippen LogP) is 0.947. The van der Waals surface area contributed by atoms with Gasteiger partial charge in [0.05, 0.1) is 10.8 Å². The van der Waals surface area contributed by atoms with E-state index in [4.69, 9.17) is 0 Å². The molecule has 0 aromatic carbocycles. The van der Waals surface area contributed by atoms with Crippen LogP contribution < -0.4 is 5.32 Å². The first kappa shape index (κ1) is 16.2. The number of nitrogens with zero attached hydrogens (tertiary/aromatic N) is 5. The molecule has 1 atom stereocenters. The lowest BCUT2D eigenvalue weighted by Crippen LogP contribution is -2.39. The van der Waals surface area contributed by atoms with Crippen LogP contribution in [0.25, 0.3) is 0 Å². The van der Waals surface area contributed by atoms with Crippen molar-refractivity contribution < 1.29 is 9.59 Å². The number of hydrogen-bond donors (Lipinski definition) is 1. The zero-order valence-corrected chi connectivity index (χ0v) is 14.9. The van der Waals surface area contributed by atoms with Gasteiger partial charge in [0.1, 0.15) is 0 Å². The van der Waals surface area contributed by atoms with E-state index in [0.717, 1.165) is 37.8 Å². The Morgan fingerprint density at radius 1 is 1.32 bits per heavy atom. The van der Waals surface area contributed by atoms with Crippen LogP contribution in [0.4, 0.5) is 0 Å². The Hall–Kier alpha value is -2.29. The lowest BCUT2D eigenvalue weighted by atomic mass is 9.99. The molecule has 0 fully saturated rings. The summed E-state index contributed by atoms with van der Waals surface area (Å²) in [5.41, 5.74) is 1.08. The summed E-state index contributed by atoms with van der Waals surface area (Å²) in [5.74, 6) is 0.442. The van der Waals surface area contributed by atoms with Crippen molar-refractivity contribution in [2.45, 2.75) is 44.7 Å². The number of nitrogens with one attached hydrogen (secondary N) is 1. The number of tetrazole rings is 1. The van der Waals surface area contributed by atoms with Crippen LogP contribution >= 0.6 is 11.3 Å². The molecule has 2 aromatic rings. The largest absolute Gasteiger partial charge is 0.354 e. The second kappa shape index (κ2) is 6.55. The van der Waals surface area contributed by atoms with Gasteiger partial charge >= 0.3 is 0 Å². The summed E-state index contributed by atoms with van der Waals surface area (Å²) in [7, 11) is 1.63. The molecule has 0 unspecified atom stereocenters. The van der Waals surface area contributed by atoms with Crippen LogP contribution in [0, 0.1) is 0 Å². The van der Waals surface area contributed by atoms with Gasteiger partial charge in [0, 0.05) is 31.6 Å². The standard InChI is InChI=1S/C16H20N6O2S/c1-17-15(23)13-8-10-9-21(7-5-12(10)25-13)16(24)11-4-2-3-6-22-14(11)18-19-20-22/h8,11H,2-7,9H2,1H3,(H,17,23)/t11-/m1/s1. The van der Waals surface area contributed by atoms with Crippen molar-refractivity contribution in [3.05, 3.63) is 27.2 Å². The molecule has 2 aliphatic heterocycles. The van der Waals surface area contributed by atoms with Crippen molar-refractivity contribution >= 4 is 23.2 Å². The minimum absolute atomic E-state index is 0.0692. The van der Waals surface area contributed by atoms with Crippen LogP contribution in [0.3, 0.4) is 0 Å². The summed E-state index contributed by atoms with van der Waals surface area (Å²) in [5, 5.41) is 14.5. The van der Waals surface area contributed by atoms with Gasteiger partial charge in [-0.2, -0.15) is 0 Å². The molecule has 0 bridgehead atoms. The summed E-state index contributed by atoms with van der Waals surface area (Å²) in [6.45, 7) is 2.01. The fourth-order valence-electron chi connectivity index (χ4n) is 3.57. The Bertz CT molecular complexity index is 813. The molecular formula is C16H20N6O2S. The third kappa shape index (κ3) is 2.92. The molecule has 2 aromatic heterocycles. The SMILES string of the molecule is CNC(=O)c1cc2c(s1)CCN(C(=O)[C@@H]1CCCCn3nnnc31)C2. The highest BCUT2D eigenvalue weighted by molar-refractivity contribution is 7.14. The Kier molecular flexibility index (Phi) is 4.24. The van der Waals surface area contributed by atoms with E-state index in [2.05, 4.69) is 20.8 Å². The first-order valence-corrected chi connectivity index (χ1v) is 9.37. The van der Waals surface area contributed by atoms with E-state index in [1.54, 1.807) is 11.7 Å². The maximum absolute atomic E-state index is 13.1. The van der Waals surface area contributed by atoms with Crippen LogP contribution in [-0.4, -0.2) is 50.5 Å². The van der Waals surface area contributed by atoms with Gasteiger partial charge in [0.15, 0.2) is 5.82 Å². The van der Waals surface area contributed by atoms with E-state index in [9.17, 15) is 9.59 Å². The third-order valence-electron chi connectivity index (χ3n) is 4.91. The average Bonchev–Trinajstić information content (AvgIpc) is 3.22. The van der Waals surface area contributed by atoms with Gasteiger partial charge in [0.25, 0.3) is 5.91 Å². The van der Waals surface area contributed by atoms with E-state index in [-0.39, 0.29) is 17.7 Å². The Morgan fingerprint density at radius 3 is 3.04 bits per heavy atom. The molecule has 2 aliphatic rings. The van der Waals surface area contributed by atoms with E-state index in [1.165, 1.54) is 16.2 Å². The maximum Gasteiger partial charge on any atom is 0.261 e. The van der Waals surface area contributed by atoms with Gasteiger partial charge in [0.2, 0.25) is 5.91 Å². The number of thiophene rings is 1. The highest BCUT2D eigenvalue weighted by Crippen LogP contribution is 2.31. The maximum atomic E-state index is 13.1. The fraction of sp³-hybridized carbons (Fsp3) is 0.562. The predicted molar refractivity (Wildman–Crippen MR) is 91.2 cm³/mol.